The van der Waals surface area contributed by atoms with Crippen LogP contribution < -0.4 is 4.74 Å². The molecule has 3 nitrogen and oxygen atoms in total. The Labute approximate surface area is 159 Å². The van der Waals surface area contributed by atoms with Gasteiger partial charge in [0.1, 0.15) is 17.2 Å². The molecule has 0 aliphatic carbocycles. The molecule has 0 spiro atoms. The number of alkyl halides is 3. The molecule has 1 unspecified atom stereocenters. The SMILES string of the molecule is CN1CC(C)(C(O)(c2ccc(OC(F)(F)F)cc2)c2ccc(F)c(Cl)c2)C1. The van der Waals surface area contributed by atoms with Gasteiger partial charge in [0.2, 0.25) is 0 Å². The Hall–Kier alpha value is -1.83. The van der Waals surface area contributed by atoms with Crippen molar-refractivity contribution in [1.82, 2.24) is 4.90 Å². The van der Waals surface area contributed by atoms with Crippen LogP contribution in [0.1, 0.15) is 18.1 Å². The molecule has 2 aromatic carbocycles. The molecular formula is C19H18ClF4NO2. The molecular weight excluding hydrogens is 386 g/mol. The van der Waals surface area contributed by atoms with Crippen molar-refractivity contribution in [3.8, 4) is 5.75 Å². The van der Waals surface area contributed by atoms with Crippen LogP contribution in [-0.4, -0.2) is 36.5 Å². The Morgan fingerprint density at radius 2 is 1.63 bits per heavy atom. The van der Waals surface area contributed by atoms with Crippen molar-refractivity contribution in [1.29, 1.82) is 0 Å². The number of nitrogens with zero attached hydrogens (tertiary/aromatic N) is 1. The van der Waals surface area contributed by atoms with Crippen molar-refractivity contribution < 1.29 is 27.4 Å². The smallest absolute Gasteiger partial charge is 0.406 e. The van der Waals surface area contributed by atoms with Gasteiger partial charge in [0, 0.05) is 18.5 Å². The van der Waals surface area contributed by atoms with Gasteiger partial charge in [-0.1, -0.05) is 36.7 Å². The van der Waals surface area contributed by atoms with E-state index >= 15 is 0 Å². The third kappa shape index (κ3) is 3.63. The monoisotopic (exact) mass is 403 g/mol. The van der Waals surface area contributed by atoms with Crippen LogP contribution in [0.25, 0.3) is 0 Å². The molecule has 1 aliphatic rings. The summed E-state index contributed by atoms with van der Waals surface area (Å²) in [5.41, 5.74) is -1.48. The van der Waals surface area contributed by atoms with Crippen LogP contribution in [0.4, 0.5) is 17.6 Å². The first-order valence-corrected chi connectivity index (χ1v) is 8.55. The second kappa shape index (κ2) is 6.65. The van der Waals surface area contributed by atoms with E-state index in [0.29, 0.717) is 24.2 Å². The molecule has 1 aliphatic heterocycles. The van der Waals surface area contributed by atoms with E-state index in [0.717, 1.165) is 18.2 Å². The van der Waals surface area contributed by atoms with Crippen LogP contribution in [0.3, 0.4) is 0 Å². The van der Waals surface area contributed by atoms with Gasteiger partial charge >= 0.3 is 6.36 Å². The van der Waals surface area contributed by atoms with E-state index in [2.05, 4.69) is 4.74 Å². The summed E-state index contributed by atoms with van der Waals surface area (Å²) < 4.78 is 54.7. The lowest BCUT2D eigenvalue weighted by molar-refractivity contribution is -0.274. The highest BCUT2D eigenvalue weighted by atomic mass is 35.5. The van der Waals surface area contributed by atoms with E-state index in [1.165, 1.54) is 24.3 Å². The van der Waals surface area contributed by atoms with Gasteiger partial charge in [-0.2, -0.15) is 0 Å². The molecule has 0 radical (unpaired) electrons. The molecule has 0 bridgehead atoms. The van der Waals surface area contributed by atoms with E-state index < -0.39 is 23.2 Å². The van der Waals surface area contributed by atoms with E-state index in [9.17, 15) is 22.7 Å². The minimum atomic E-state index is -4.80. The van der Waals surface area contributed by atoms with Gasteiger partial charge in [-0.15, -0.1) is 13.2 Å². The Bertz CT molecular complexity index is 835. The summed E-state index contributed by atoms with van der Waals surface area (Å²) in [5, 5.41) is 11.6. The molecule has 3 rings (SSSR count). The van der Waals surface area contributed by atoms with Gasteiger partial charge in [-0.05, 0) is 42.4 Å². The largest absolute Gasteiger partial charge is 0.573 e. The average Bonchev–Trinajstić information content (AvgIpc) is 2.54. The van der Waals surface area contributed by atoms with Crippen molar-refractivity contribution >= 4 is 11.6 Å². The maximum Gasteiger partial charge on any atom is 0.573 e. The molecule has 8 heteroatoms. The summed E-state index contributed by atoms with van der Waals surface area (Å²) in [7, 11) is 1.89. The highest BCUT2D eigenvalue weighted by Crippen LogP contribution is 2.50. The fraction of sp³-hybridized carbons (Fsp3) is 0.368. The predicted molar refractivity (Wildman–Crippen MR) is 93.1 cm³/mol. The van der Waals surface area contributed by atoms with Gasteiger partial charge < -0.3 is 14.7 Å². The highest BCUT2D eigenvalue weighted by Gasteiger charge is 2.55. The first-order valence-electron chi connectivity index (χ1n) is 8.17. The van der Waals surface area contributed by atoms with E-state index in [1.807, 2.05) is 18.9 Å². The number of benzene rings is 2. The van der Waals surface area contributed by atoms with Gasteiger partial charge in [0.05, 0.1) is 5.02 Å². The van der Waals surface area contributed by atoms with Crippen LogP contribution in [0, 0.1) is 11.2 Å². The van der Waals surface area contributed by atoms with Crippen molar-refractivity contribution in [3.63, 3.8) is 0 Å². The van der Waals surface area contributed by atoms with Crippen LogP contribution in [0.2, 0.25) is 5.02 Å². The third-order valence-corrected chi connectivity index (χ3v) is 5.24. The standard InChI is InChI=1S/C19H18ClF4NO2/c1-17(10-25(2)11-17)18(26,13-5-8-16(21)15(20)9-13)12-3-6-14(7-4-12)27-19(22,23)24/h3-9,26H,10-11H2,1-2H3. The van der Waals surface area contributed by atoms with Crippen LogP contribution >= 0.6 is 11.6 Å². The molecule has 1 heterocycles. The Balaban J connectivity index is 2.06. The summed E-state index contributed by atoms with van der Waals surface area (Å²) in [5.74, 6) is -1.01. The zero-order chi connectivity index (χ0) is 20.0. The summed E-state index contributed by atoms with van der Waals surface area (Å²) in [6, 6.07) is 8.99. The molecule has 1 saturated heterocycles. The molecule has 1 N–H and O–H groups in total. The van der Waals surface area contributed by atoms with E-state index in [1.54, 1.807) is 0 Å². The first-order chi connectivity index (χ1) is 12.4. The zero-order valence-electron chi connectivity index (χ0n) is 14.6. The highest BCUT2D eigenvalue weighted by molar-refractivity contribution is 6.30. The van der Waals surface area contributed by atoms with Crippen molar-refractivity contribution in [3.05, 3.63) is 64.4 Å². The maximum absolute atomic E-state index is 13.6. The molecule has 2 aromatic rings. The second-order valence-electron chi connectivity index (χ2n) is 7.14. The lowest BCUT2D eigenvalue weighted by atomic mass is 9.62. The number of halogens is 5. The lowest BCUT2D eigenvalue weighted by Crippen LogP contribution is -2.63. The lowest BCUT2D eigenvalue weighted by Gasteiger charge is -2.56. The van der Waals surface area contributed by atoms with Crippen molar-refractivity contribution in [2.24, 2.45) is 5.41 Å². The number of aliphatic hydroxyl groups is 1. The zero-order valence-corrected chi connectivity index (χ0v) is 15.4. The summed E-state index contributed by atoms with van der Waals surface area (Å²) in [4.78, 5) is 2.00. The van der Waals surface area contributed by atoms with Crippen LogP contribution in [0.15, 0.2) is 42.5 Å². The number of likely N-dealkylation sites (tertiary alicyclic amines) is 1. The van der Waals surface area contributed by atoms with E-state index in [-0.39, 0.29) is 10.8 Å². The van der Waals surface area contributed by atoms with Crippen LogP contribution in [-0.2, 0) is 5.60 Å². The molecule has 1 atom stereocenters. The summed E-state index contributed by atoms with van der Waals surface area (Å²) >= 11 is 5.90. The molecule has 146 valence electrons. The second-order valence-corrected chi connectivity index (χ2v) is 7.55. The van der Waals surface area contributed by atoms with Gasteiger partial charge in [-0.25, -0.2) is 4.39 Å². The Morgan fingerprint density at radius 3 is 2.11 bits per heavy atom. The number of rotatable bonds is 4. The topological polar surface area (TPSA) is 32.7 Å². The number of hydrogen-bond acceptors (Lipinski definition) is 3. The Morgan fingerprint density at radius 1 is 1.07 bits per heavy atom. The number of ether oxygens (including phenoxy) is 1. The number of hydrogen-bond donors (Lipinski definition) is 1. The van der Waals surface area contributed by atoms with Gasteiger partial charge in [0.15, 0.2) is 0 Å². The molecule has 0 aromatic heterocycles. The summed E-state index contributed by atoms with van der Waals surface area (Å²) in [6.07, 6.45) is -4.80. The first kappa shape index (κ1) is 19.9. The molecule has 27 heavy (non-hydrogen) atoms. The quantitative estimate of drug-likeness (QED) is 0.759. The predicted octanol–water partition coefficient (Wildman–Crippen LogP) is 4.57. The minimum Gasteiger partial charge on any atom is -0.406 e. The van der Waals surface area contributed by atoms with Gasteiger partial charge in [-0.3, -0.25) is 0 Å². The van der Waals surface area contributed by atoms with Crippen molar-refractivity contribution in [2.45, 2.75) is 18.9 Å². The normalized spacial score (nSPS) is 19.3. The molecule has 0 saturated carbocycles. The summed E-state index contributed by atoms with van der Waals surface area (Å²) in [6.45, 7) is 2.95. The van der Waals surface area contributed by atoms with Gasteiger partial charge in [0.25, 0.3) is 0 Å². The van der Waals surface area contributed by atoms with Crippen LogP contribution in [0.5, 0.6) is 5.75 Å². The van der Waals surface area contributed by atoms with Crippen molar-refractivity contribution in [2.75, 3.05) is 20.1 Å². The average molecular weight is 404 g/mol. The van der Waals surface area contributed by atoms with E-state index in [4.69, 9.17) is 11.6 Å². The fourth-order valence-corrected chi connectivity index (χ4v) is 4.04. The minimum absolute atomic E-state index is 0.140. The Kier molecular flexibility index (Phi) is 4.91. The third-order valence-electron chi connectivity index (χ3n) is 4.95. The molecule has 0 amide bonds. The molecule has 1 fully saturated rings. The maximum atomic E-state index is 13.6. The fourth-order valence-electron chi connectivity index (χ4n) is 3.86.